The summed E-state index contributed by atoms with van der Waals surface area (Å²) in [5.41, 5.74) is 0.883. The number of rotatable bonds is 4. The maximum absolute atomic E-state index is 13.1. The summed E-state index contributed by atoms with van der Waals surface area (Å²) in [7, 11) is 0. The van der Waals surface area contributed by atoms with E-state index in [0.717, 1.165) is 37.9 Å². The first-order chi connectivity index (χ1) is 11.8. The maximum atomic E-state index is 13.1. The van der Waals surface area contributed by atoms with Crippen LogP contribution in [0.5, 0.6) is 0 Å². The summed E-state index contributed by atoms with van der Waals surface area (Å²) < 4.78 is 5.37. The van der Waals surface area contributed by atoms with Crippen LogP contribution in [-0.2, 0) is 9.53 Å². The number of amides is 1. The maximum Gasteiger partial charge on any atom is 0.338 e. The van der Waals surface area contributed by atoms with Crippen molar-refractivity contribution in [3.8, 4) is 0 Å². The molecule has 0 bridgehead atoms. The molecule has 25 heavy (non-hydrogen) atoms. The Labute approximate surface area is 150 Å². The van der Waals surface area contributed by atoms with Gasteiger partial charge in [-0.2, -0.15) is 0 Å². The third-order valence-electron chi connectivity index (χ3n) is 4.21. The summed E-state index contributed by atoms with van der Waals surface area (Å²) in [5, 5.41) is 3.09. The minimum Gasteiger partial charge on any atom is -0.462 e. The normalized spacial score (nSPS) is 19.2. The van der Waals surface area contributed by atoms with Gasteiger partial charge >= 0.3 is 5.97 Å². The lowest BCUT2D eigenvalue weighted by Crippen LogP contribution is -2.48. The average molecular weight is 346 g/mol. The number of fused-ring (bicyclic) bond motifs is 1. The molecule has 5 heteroatoms. The van der Waals surface area contributed by atoms with Gasteiger partial charge in [0.25, 0.3) is 0 Å². The van der Waals surface area contributed by atoms with E-state index in [1.54, 1.807) is 6.07 Å². The van der Waals surface area contributed by atoms with Crippen molar-refractivity contribution in [2.24, 2.45) is 0 Å². The van der Waals surface area contributed by atoms with Gasteiger partial charge in [0, 0.05) is 12.1 Å². The van der Waals surface area contributed by atoms with Crippen molar-refractivity contribution in [2.75, 3.05) is 19.7 Å². The van der Waals surface area contributed by atoms with Crippen LogP contribution >= 0.6 is 0 Å². The molecule has 1 amide bonds. The van der Waals surface area contributed by atoms with Crippen molar-refractivity contribution in [1.82, 2.24) is 10.2 Å². The molecule has 1 atom stereocenters. The summed E-state index contributed by atoms with van der Waals surface area (Å²) in [5.74, 6) is -0.410. The number of hydrogen-bond acceptors (Lipinski definition) is 4. The molecule has 0 fully saturated rings. The van der Waals surface area contributed by atoms with E-state index in [1.165, 1.54) is 0 Å². The van der Waals surface area contributed by atoms with Gasteiger partial charge in [0.1, 0.15) is 6.04 Å². The number of nitrogens with one attached hydrogen (secondary N) is 1. The molecule has 1 unspecified atom stereocenters. The molecule has 1 N–H and O–H groups in total. The molecule has 0 aromatic heterocycles. The number of carbonyl (C=O) groups excluding carboxylic acids is 2. The van der Waals surface area contributed by atoms with Crippen LogP contribution < -0.4 is 5.32 Å². The lowest BCUT2D eigenvalue weighted by Gasteiger charge is -2.33. The molecular formula is C20H30N2O3. The number of carbonyl (C=O) groups is 2. The third kappa shape index (κ3) is 5.30. The van der Waals surface area contributed by atoms with E-state index in [-0.39, 0.29) is 17.4 Å². The quantitative estimate of drug-likeness (QED) is 0.850. The van der Waals surface area contributed by atoms with E-state index in [4.69, 9.17) is 4.74 Å². The molecule has 1 aromatic rings. The number of unbranched alkanes of at least 4 members (excludes halogenated alkanes) is 1. The zero-order valence-corrected chi connectivity index (χ0v) is 15.8. The second-order valence-electron chi connectivity index (χ2n) is 7.61. The van der Waals surface area contributed by atoms with Gasteiger partial charge < -0.3 is 10.1 Å². The van der Waals surface area contributed by atoms with E-state index >= 15 is 0 Å². The monoisotopic (exact) mass is 346 g/mol. The van der Waals surface area contributed by atoms with Gasteiger partial charge in [-0.15, -0.1) is 0 Å². The van der Waals surface area contributed by atoms with Crippen molar-refractivity contribution >= 4 is 11.9 Å². The fourth-order valence-corrected chi connectivity index (χ4v) is 3.10. The SMILES string of the molecule is CCCCN1CCCOC(=O)c2ccccc2C1C(=O)NC(C)(C)C. The Balaban J connectivity index is 2.47. The third-order valence-corrected chi connectivity index (χ3v) is 4.21. The van der Waals surface area contributed by atoms with Gasteiger partial charge in [0.15, 0.2) is 0 Å². The molecule has 1 aliphatic rings. The van der Waals surface area contributed by atoms with E-state index in [1.807, 2.05) is 39.0 Å². The van der Waals surface area contributed by atoms with Crippen LogP contribution in [0, 0.1) is 0 Å². The Hall–Kier alpha value is -1.88. The molecular weight excluding hydrogens is 316 g/mol. The highest BCUT2D eigenvalue weighted by atomic mass is 16.5. The van der Waals surface area contributed by atoms with Crippen LogP contribution in [0.4, 0.5) is 0 Å². The van der Waals surface area contributed by atoms with Crippen LogP contribution in [0.2, 0.25) is 0 Å². The number of nitrogens with zero attached hydrogens (tertiary/aromatic N) is 1. The van der Waals surface area contributed by atoms with E-state index < -0.39 is 6.04 Å². The molecule has 0 aliphatic carbocycles. The summed E-state index contributed by atoms with van der Waals surface area (Å²) in [6.07, 6.45) is 2.79. The summed E-state index contributed by atoms with van der Waals surface area (Å²) >= 11 is 0. The second-order valence-corrected chi connectivity index (χ2v) is 7.61. The fraction of sp³-hybridized carbons (Fsp3) is 0.600. The number of cyclic esters (lactones) is 1. The minimum absolute atomic E-state index is 0.0641. The van der Waals surface area contributed by atoms with Gasteiger partial charge in [-0.3, -0.25) is 9.69 Å². The Kier molecular flexibility index (Phi) is 6.59. The Morgan fingerprint density at radius 3 is 2.72 bits per heavy atom. The van der Waals surface area contributed by atoms with Crippen LogP contribution in [-0.4, -0.2) is 42.0 Å². The molecule has 0 saturated heterocycles. The predicted octanol–water partition coefficient (Wildman–Crippen LogP) is 3.31. The van der Waals surface area contributed by atoms with Crippen molar-refractivity contribution < 1.29 is 14.3 Å². The predicted molar refractivity (Wildman–Crippen MR) is 98.5 cm³/mol. The molecule has 5 nitrogen and oxygen atoms in total. The average Bonchev–Trinajstić information content (AvgIpc) is 2.60. The fourth-order valence-electron chi connectivity index (χ4n) is 3.10. The van der Waals surface area contributed by atoms with Crippen molar-refractivity contribution in [3.63, 3.8) is 0 Å². The summed E-state index contributed by atoms with van der Waals surface area (Å²) in [4.78, 5) is 27.7. The van der Waals surface area contributed by atoms with Gasteiger partial charge in [-0.25, -0.2) is 4.79 Å². The first-order valence-electron chi connectivity index (χ1n) is 9.15. The van der Waals surface area contributed by atoms with Crippen LogP contribution in [0.25, 0.3) is 0 Å². The Bertz CT molecular complexity index is 607. The van der Waals surface area contributed by atoms with Crippen molar-refractivity contribution in [2.45, 2.75) is 58.5 Å². The molecule has 0 saturated carbocycles. The molecule has 2 rings (SSSR count). The second kappa shape index (κ2) is 8.48. The first kappa shape index (κ1) is 19.4. The van der Waals surface area contributed by atoms with Gasteiger partial charge in [0.05, 0.1) is 12.2 Å². The lowest BCUT2D eigenvalue weighted by molar-refractivity contribution is -0.128. The molecule has 138 valence electrons. The number of hydrogen-bond donors (Lipinski definition) is 1. The molecule has 0 radical (unpaired) electrons. The topological polar surface area (TPSA) is 58.6 Å². The van der Waals surface area contributed by atoms with Gasteiger partial charge in [0.2, 0.25) is 5.91 Å². The molecule has 0 spiro atoms. The van der Waals surface area contributed by atoms with Crippen LogP contribution in [0.15, 0.2) is 24.3 Å². The van der Waals surface area contributed by atoms with Crippen molar-refractivity contribution in [1.29, 1.82) is 0 Å². The summed E-state index contributed by atoms with van der Waals surface area (Å²) in [6.45, 7) is 9.97. The van der Waals surface area contributed by atoms with E-state index in [2.05, 4.69) is 17.1 Å². The highest BCUT2D eigenvalue weighted by Crippen LogP contribution is 2.28. The van der Waals surface area contributed by atoms with Crippen LogP contribution in [0.1, 0.15) is 68.9 Å². The van der Waals surface area contributed by atoms with Gasteiger partial charge in [-0.1, -0.05) is 31.5 Å². The first-order valence-corrected chi connectivity index (χ1v) is 9.15. The lowest BCUT2D eigenvalue weighted by atomic mass is 9.96. The van der Waals surface area contributed by atoms with E-state index in [9.17, 15) is 9.59 Å². The smallest absolute Gasteiger partial charge is 0.338 e. The van der Waals surface area contributed by atoms with Crippen molar-refractivity contribution in [3.05, 3.63) is 35.4 Å². The highest BCUT2D eigenvalue weighted by Gasteiger charge is 2.33. The number of esters is 1. The number of benzene rings is 1. The zero-order valence-electron chi connectivity index (χ0n) is 15.8. The Morgan fingerprint density at radius 1 is 1.32 bits per heavy atom. The Morgan fingerprint density at radius 2 is 2.04 bits per heavy atom. The van der Waals surface area contributed by atoms with E-state index in [0.29, 0.717) is 12.2 Å². The standard InChI is InChI=1S/C20H30N2O3/c1-5-6-12-22-13-9-14-25-19(24)16-11-8-7-10-15(16)17(22)18(23)21-20(2,3)4/h7-8,10-11,17H,5-6,9,12-14H2,1-4H3,(H,21,23). The molecule has 1 heterocycles. The largest absolute Gasteiger partial charge is 0.462 e. The minimum atomic E-state index is -0.479. The highest BCUT2D eigenvalue weighted by molar-refractivity contribution is 5.94. The zero-order chi connectivity index (χ0) is 18.4. The van der Waals surface area contributed by atoms with Crippen LogP contribution in [0.3, 0.4) is 0 Å². The molecule has 1 aromatic carbocycles. The number of ether oxygens (including phenoxy) is 1. The molecule has 1 aliphatic heterocycles. The van der Waals surface area contributed by atoms with Gasteiger partial charge in [-0.05, 0) is 51.8 Å². The summed E-state index contributed by atoms with van der Waals surface area (Å²) in [6, 6.07) is 6.83.